The number of β-amino-alcohol motifs (C(OH)–C–C–N with tert-alkyl or cyclic N) is 1. The lowest BCUT2D eigenvalue weighted by Crippen LogP contribution is -2.52. The van der Waals surface area contributed by atoms with Crippen LogP contribution in [0.25, 0.3) is 0 Å². The van der Waals surface area contributed by atoms with Crippen LogP contribution in [0.4, 0.5) is 23.5 Å². The number of carbonyl (C=O) groups is 1. The molecule has 2 atom stereocenters. The number of nitrogens with one attached hydrogen (secondary N) is 1. The third-order valence-corrected chi connectivity index (χ3v) is 3.65. The summed E-state index contributed by atoms with van der Waals surface area (Å²) in [6, 6.07) is 1.26. The van der Waals surface area contributed by atoms with Gasteiger partial charge in [-0.05, 0) is 12.5 Å². The maximum absolute atomic E-state index is 12.7. The number of piperidine rings is 1. The van der Waals surface area contributed by atoms with Gasteiger partial charge in [-0.1, -0.05) is 0 Å². The van der Waals surface area contributed by atoms with Gasteiger partial charge in [0.05, 0.1) is 12.1 Å². The van der Waals surface area contributed by atoms with E-state index in [-0.39, 0.29) is 19.1 Å². The second-order valence-electron chi connectivity index (χ2n) is 5.57. The molecule has 0 spiro atoms. The summed E-state index contributed by atoms with van der Waals surface area (Å²) in [5.41, 5.74) is 0. The highest BCUT2D eigenvalue weighted by Crippen LogP contribution is 2.23. The zero-order chi connectivity index (χ0) is 18.4. The van der Waals surface area contributed by atoms with Crippen molar-refractivity contribution in [3.63, 3.8) is 0 Å². The summed E-state index contributed by atoms with van der Waals surface area (Å²) in [6.45, 7) is -2.09. The molecule has 2 N–H and O–H groups in total. The summed E-state index contributed by atoms with van der Waals surface area (Å²) < 4.78 is 53.8. The van der Waals surface area contributed by atoms with E-state index < -0.39 is 37.6 Å². The van der Waals surface area contributed by atoms with Gasteiger partial charge in [0.15, 0.2) is 0 Å². The van der Waals surface area contributed by atoms with Crippen LogP contribution < -0.4 is 5.32 Å². The number of carbonyl (C=O) groups excluding carboxylic acids is 1. The molecular formula is C14H18F4N4O3. The number of ether oxygens (including phenoxy) is 1. The van der Waals surface area contributed by atoms with E-state index in [9.17, 15) is 27.5 Å². The van der Waals surface area contributed by atoms with Gasteiger partial charge in [0.2, 0.25) is 11.9 Å². The van der Waals surface area contributed by atoms with Crippen molar-refractivity contribution >= 4 is 11.9 Å². The number of likely N-dealkylation sites (tertiary alicyclic amines) is 1. The molecule has 0 unspecified atom stereocenters. The molecule has 1 fully saturated rings. The van der Waals surface area contributed by atoms with Crippen LogP contribution in [-0.2, 0) is 9.53 Å². The number of rotatable bonds is 7. The first-order chi connectivity index (χ1) is 11.8. The van der Waals surface area contributed by atoms with Gasteiger partial charge in [0, 0.05) is 25.5 Å². The molecule has 2 rings (SSSR count). The molecule has 11 heteroatoms. The Morgan fingerprint density at radius 3 is 2.72 bits per heavy atom. The van der Waals surface area contributed by atoms with Crippen molar-refractivity contribution in [3.05, 3.63) is 18.5 Å². The van der Waals surface area contributed by atoms with Crippen molar-refractivity contribution in [2.24, 2.45) is 0 Å². The predicted molar refractivity (Wildman–Crippen MR) is 78.4 cm³/mol. The minimum Gasteiger partial charge on any atom is -0.389 e. The van der Waals surface area contributed by atoms with Crippen molar-refractivity contribution in [2.75, 3.05) is 31.6 Å². The van der Waals surface area contributed by atoms with Gasteiger partial charge in [0.25, 0.3) is 0 Å². The zero-order valence-electron chi connectivity index (χ0n) is 13.1. The van der Waals surface area contributed by atoms with E-state index in [4.69, 9.17) is 0 Å². The lowest BCUT2D eigenvalue weighted by molar-refractivity contribution is -0.171. The molecule has 7 nitrogen and oxygen atoms in total. The number of aliphatic hydroxyl groups excluding tert-OH is 1. The highest BCUT2D eigenvalue weighted by molar-refractivity contribution is 5.77. The Kier molecular flexibility index (Phi) is 6.48. The molecule has 1 aliphatic heterocycles. The van der Waals surface area contributed by atoms with Crippen LogP contribution in [0.2, 0.25) is 0 Å². The first kappa shape index (κ1) is 19.3. The normalized spacial score (nSPS) is 21.4. The second-order valence-corrected chi connectivity index (χ2v) is 5.57. The Hall–Kier alpha value is -2.01. The minimum atomic E-state index is -4.30. The highest BCUT2D eigenvalue weighted by atomic mass is 19.3. The molecule has 1 saturated heterocycles. The third kappa shape index (κ3) is 5.49. The summed E-state index contributed by atoms with van der Waals surface area (Å²) in [5, 5.41) is 13.0. The van der Waals surface area contributed by atoms with E-state index in [1.165, 1.54) is 17.3 Å². The van der Waals surface area contributed by atoms with Gasteiger partial charge in [-0.25, -0.2) is 18.7 Å². The van der Waals surface area contributed by atoms with E-state index in [1.54, 1.807) is 6.07 Å². The number of amides is 1. The lowest BCUT2D eigenvalue weighted by atomic mass is 10.0. The average Bonchev–Trinajstić information content (AvgIpc) is 2.57. The Morgan fingerprint density at radius 1 is 1.44 bits per heavy atom. The van der Waals surface area contributed by atoms with Crippen molar-refractivity contribution in [2.45, 2.75) is 30.9 Å². The Labute approximate surface area is 141 Å². The van der Waals surface area contributed by atoms with Crippen molar-refractivity contribution in [1.29, 1.82) is 0 Å². The molecule has 2 heterocycles. The molecule has 0 aromatic carbocycles. The fourth-order valence-corrected chi connectivity index (χ4v) is 2.29. The van der Waals surface area contributed by atoms with Crippen LogP contribution in [0.1, 0.15) is 6.42 Å². The number of halogens is 4. The van der Waals surface area contributed by atoms with Crippen LogP contribution in [0.15, 0.2) is 18.5 Å². The van der Waals surface area contributed by atoms with Crippen LogP contribution in [-0.4, -0.2) is 76.7 Å². The number of hydrogen-bond donors (Lipinski definition) is 2. The number of hydrogen-bond acceptors (Lipinski definition) is 6. The van der Waals surface area contributed by atoms with E-state index in [1.807, 2.05) is 0 Å². The SMILES string of the molecule is O=C(COCC(F)(F)C(F)F)N1CC[C@@H](Nc2ncccn2)[C@H](O)C1. The molecular weight excluding hydrogens is 348 g/mol. The standard InChI is InChI=1S/C14H18F4N4O3/c15-12(16)14(17,18)8-25-7-11(24)22-5-2-9(10(23)6-22)21-13-19-3-1-4-20-13/h1,3-4,9-10,12,23H,2,5-8H2,(H,19,20,21)/t9-,10-/m1/s1. The summed E-state index contributed by atoms with van der Waals surface area (Å²) in [5.74, 6) is -4.62. The molecule has 140 valence electrons. The number of alkyl halides is 4. The Balaban J connectivity index is 1.77. The van der Waals surface area contributed by atoms with Crippen molar-refractivity contribution in [3.8, 4) is 0 Å². The predicted octanol–water partition coefficient (Wildman–Crippen LogP) is 0.767. The smallest absolute Gasteiger partial charge is 0.330 e. The van der Waals surface area contributed by atoms with E-state index in [2.05, 4.69) is 20.0 Å². The maximum atomic E-state index is 12.7. The molecule has 1 aromatic heterocycles. The van der Waals surface area contributed by atoms with Crippen LogP contribution >= 0.6 is 0 Å². The van der Waals surface area contributed by atoms with Crippen LogP contribution in [0.3, 0.4) is 0 Å². The molecule has 1 aliphatic rings. The van der Waals surface area contributed by atoms with Gasteiger partial charge < -0.3 is 20.1 Å². The molecule has 0 aliphatic carbocycles. The fraction of sp³-hybridized carbons (Fsp3) is 0.643. The minimum absolute atomic E-state index is 0.0437. The first-order valence-electron chi connectivity index (χ1n) is 7.52. The lowest BCUT2D eigenvalue weighted by Gasteiger charge is -2.36. The van der Waals surface area contributed by atoms with E-state index in [0.717, 1.165) is 0 Å². The fourth-order valence-electron chi connectivity index (χ4n) is 2.29. The number of nitrogens with zero attached hydrogens (tertiary/aromatic N) is 3. The molecule has 1 amide bonds. The number of anilines is 1. The summed E-state index contributed by atoms with van der Waals surface area (Å²) in [6.07, 6.45) is -1.34. The van der Waals surface area contributed by atoms with Gasteiger partial charge in [-0.15, -0.1) is 0 Å². The van der Waals surface area contributed by atoms with Crippen molar-refractivity contribution < 1.29 is 32.2 Å². The van der Waals surface area contributed by atoms with Gasteiger partial charge in [-0.2, -0.15) is 8.78 Å². The molecule has 1 aromatic rings. The monoisotopic (exact) mass is 366 g/mol. The summed E-state index contributed by atoms with van der Waals surface area (Å²) in [7, 11) is 0. The van der Waals surface area contributed by atoms with Crippen LogP contribution in [0, 0.1) is 0 Å². The number of aromatic nitrogens is 2. The second kappa shape index (κ2) is 8.39. The molecule has 0 saturated carbocycles. The number of aliphatic hydroxyl groups is 1. The zero-order valence-corrected chi connectivity index (χ0v) is 13.1. The quantitative estimate of drug-likeness (QED) is 0.693. The molecule has 0 radical (unpaired) electrons. The average molecular weight is 366 g/mol. The largest absolute Gasteiger partial charge is 0.389 e. The Bertz CT molecular complexity index is 564. The highest BCUT2D eigenvalue weighted by Gasteiger charge is 2.41. The van der Waals surface area contributed by atoms with Gasteiger partial charge >= 0.3 is 12.3 Å². The van der Waals surface area contributed by atoms with Gasteiger partial charge in [-0.3, -0.25) is 4.79 Å². The Morgan fingerprint density at radius 2 is 2.12 bits per heavy atom. The van der Waals surface area contributed by atoms with E-state index in [0.29, 0.717) is 12.4 Å². The van der Waals surface area contributed by atoms with Crippen molar-refractivity contribution in [1.82, 2.24) is 14.9 Å². The maximum Gasteiger partial charge on any atom is 0.330 e. The van der Waals surface area contributed by atoms with Crippen LogP contribution in [0.5, 0.6) is 0 Å². The first-order valence-corrected chi connectivity index (χ1v) is 7.52. The molecule has 0 bridgehead atoms. The third-order valence-electron chi connectivity index (χ3n) is 3.65. The summed E-state index contributed by atoms with van der Waals surface area (Å²) >= 11 is 0. The van der Waals surface area contributed by atoms with Gasteiger partial charge in [0.1, 0.15) is 13.2 Å². The van der Waals surface area contributed by atoms with E-state index >= 15 is 0 Å². The summed E-state index contributed by atoms with van der Waals surface area (Å²) in [4.78, 5) is 21.1. The molecule has 25 heavy (non-hydrogen) atoms. The topological polar surface area (TPSA) is 87.6 Å².